The standard InChI is InChI=1S/C28H26N8O2/c1-3-25(37)35-15-28(16-35)10-21(11-28)36-24-6-4-17(19-12-29-30-13-19)9-22(24)26(33-36)27(38)32-20-5-7-23-18(8-20)14-31-34(23)2/h3-9,12-14,21H,1,10-11,15-16H2,2H3,(H,29,30)(H,32,38). The van der Waals surface area contributed by atoms with Gasteiger partial charge in [0.15, 0.2) is 5.69 Å². The maximum Gasteiger partial charge on any atom is 0.276 e. The molecular formula is C28H26N8O2. The van der Waals surface area contributed by atoms with Crippen LogP contribution in [0.25, 0.3) is 32.9 Å². The van der Waals surface area contributed by atoms with E-state index in [4.69, 9.17) is 5.10 Å². The van der Waals surface area contributed by atoms with Crippen LogP contribution in [0.5, 0.6) is 0 Å². The Labute approximate surface area is 217 Å². The first-order chi connectivity index (χ1) is 18.4. The molecule has 4 heterocycles. The summed E-state index contributed by atoms with van der Waals surface area (Å²) in [6.45, 7) is 5.09. The third-order valence-corrected chi connectivity index (χ3v) is 7.98. The number of hydrogen-bond acceptors (Lipinski definition) is 5. The number of nitrogens with zero attached hydrogens (tertiary/aromatic N) is 6. The monoisotopic (exact) mass is 506 g/mol. The average Bonchev–Trinajstić information content (AvgIpc) is 3.61. The number of anilines is 1. The molecule has 2 aromatic carbocycles. The van der Waals surface area contributed by atoms with Crippen LogP contribution < -0.4 is 5.32 Å². The molecule has 1 saturated heterocycles. The largest absolute Gasteiger partial charge is 0.338 e. The molecule has 0 atom stereocenters. The van der Waals surface area contributed by atoms with E-state index >= 15 is 0 Å². The van der Waals surface area contributed by atoms with Crippen molar-refractivity contribution in [2.45, 2.75) is 18.9 Å². The Bertz CT molecular complexity index is 1730. The van der Waals surface area contributed by atoms with Crippen molar-refractivity contribution in [3.8, 4) is 11.1 Å². The fourth-order valence-corrected chi connectivity index (χ4v) is 6.03. The summed E-state index contributed by atoms with van der Waals surface area (Å²) in [4.78, 5) is 27.3. The molecule has 5 aromatic rings. The fraction of sp³-hybridized carbons (Fsp3) is 0.250. The van der Waals surface area contributed by atoms with Gasteiger partial charge in [0, 0.05) is 53.8 Å². The molecule has 7 rings (SSSR count). The van der Waals surface area contributed by atoms with Gasteiger partial charge in [0.1, 0.15) is 0 Å². The number of aromatic amines is 1. The molecule has 3 aromatic heterocycles. The van der Waals surface area contributed by atoms with E-state index < -0.39 is 0 Å². The smallest absolute Gasteiger partial charge is 0.276 e. The van der Waals surface area contributed by atoms with E-state index in [1.54, 1.807) is 17.1 Å². The van der Waals surface area contributed by atoms with Crippen molar-refractivity contribution in [1.29, 1.82) is 0 Å². The molecule has 0 unspecified atom stereocenters. The third-order valence-electron chi connectivity index (χ3n) is 7.98. The number of hydrogen-bond donors (Lipinski definition) is 2. The minimum Gasteiger partial charge on any atom is -0.338 e. The average molecular weight is 507 g/mol. The Kier molecular flexibility index (Phi) is 4.81. The second-order valence-corrected chi connectivity index (χ2v) is 10.5. The van der Waals surface area contributed by atoms with Crippen LogP contribution in [0.2, 0.25) is 0 Å². The molecule has 0 bridgehead atoms. The van der Waals surface area contributed by atoms with Crippen molar-refractivity contribution in [3.05, 3.63) is 73.3 Å². The lowest BCUT2D eigenvalue weighted by Crippen LogP contribution is -2.63. The first kappa shape index (κ1) is 22.5. The first-order valence-corrected chi connectivity index (χ1v) is 12.6. The number of carbonyl (C=O) groups excluding carboxylic acids is 2. The maximum absolute atomic E-state index is 13.6. The van der Waals surface area contributed by atoms with Crippen molar-refractivity contribution in [1.82, 2.24) is 34.7 Å². The molecule has 1 aliphatic carbocycles. The Morgan fingerprint density at radius 3 is 2.68 bits per heavy atom. The van der Waals surface area contributed by atoms with E-state index in [1.165, 1.54) is 6.08 Å². The van der Waals surface area contributed by atoms with Crippen LogP contribution in [0.4, 0.5) is 5.69 Å². The molecular weight excluding hydrogens is 480 g/mol. The van der Waals surface area contributed by atoms with Gasteiger partial charge in [-0.2, -0.15) is 15.3 Å². The number of benzene rings is 2. The highest BCUT2D eigenvalue weighted by molar-refractivity contribution is 6.12. The lowest BCUT2D eigenvalue weighted by atomic mass is 9.60. The van der Waals surface area contributed by atoms with Crippen LogP contribution >= 0.6 is 0 Å². The second-order valence-electron chi connectivity index (χ2n) is 10.5. The lowest BCUT2D eigenvalue weighted by Gasteiger charge is -2.58. The molecule has 2 amide bonds. The predicted molar refractivity (Wildman–Crippen MR) is 143 cm³/mol. The minimum absolute atomic E-state index is 0.0150. The summed E-state index contributed by atoms with van der Waals surface area (Å²) in [5, 5.41) is 20.8. The third kappa shape index (κ3) is 3.44. The van der Waals surface area contributed by atoms with Gasteiger partial charge in [0.05, 0.1) is 29.5 Å². The van der Waals surface area contributed by atoms with E-state index in [0.29, 0.717) is 11.4 Å². The van der Waals surface area contributed by atoms with Crippen molar-refractivity contribution in [2.75, 3.05) is 18.4 Å². The van der Waals surface area contributed by atoms with Gasteiger partial charge in [-0.3, -0.25) is 24.1 Å². The van der Waals surface area contributed by atoms with Crippen molar-refractivity contribution in [2.24, 2.45) is 12.5 Å². The highest BCUT2D eigenvalue weighted by Gasteiger charge is 2.54. The van der Waals surface area contributed by atoms with Crippen LogP contribution in [-0.4, -0.2) is 59.6 Å². The number of H-pyrrole nitrogens is 1. The number of nitrogens with one attached hydrogen (secondary N) is 2. The lowest BCUT2D eigenvalue weighted by molar-refractivity contribution is -0.148. The second kappa shape index (κ2) is 8.14. The zero-order valence-corrected chi connectivity index (χ0v) is 20.9. The molecule has 1 aliphatic heterocycles. The fourth-order valence-electron chi connectivity index (χ4n) is 6.03. The minimum atomic E-state index is -0.262. The summed E-state index contributed by atoms with van der Waals surface area (Å²) in [6, 6.07) is 12.0. The highest BCUT2D eigenvalue weighted by atomic mass is 16.2. The maximum atomic E-state index is 13.6. The molecule has 1 saturated carbocycles. The number of carbonyl (C=O) groups is 2. The molecule has 10 heteroatoms. The molecule has 190 valence electrons. The molecule has 1 spiro atoms. The van der Waals surface area contributed by atoms with Crippen molar-refractivity contribution >= 4 is 39.3 Å². The van der Waals surface area contributed by atoms with Crippen LogP contribution in [0.1, 0.15) is 29.4 Å². The zero-order valence-electron chi connectivity index (χ0n) is 20.9. The summed E-state index contributed by atoms with van der Waals surface area (Å²) in [6.07, 6.45) is 8.59. The Hall–Kier alpha value is -4.73. The molecule has 2 fully saturated rings. The Morgan fingerprint density at radius 1 is 1.11 bits per heavy atom. The summed E-state index contributed by atoms with van der Waals surface area (Å²) >= 11 is 0. The quantitative estimate of drug-likeness (QED) is 0.351. The van der Waals surface area contributed by atoms with Gasteiger partial charge in [0.25, 0.3) is 5.91 Å². The van der Waals surface area contributed by atoms with Gasteiger partial charge in [-0.15, -0.1) is 0 Å². The normalized spacial score (nSPS) is 16.5. The van der Waals surface area contributed by atoms with Crippen LogP contribution in [-0.2, 0) is 11.8 Å². The molecule has 38 heavy (non-hydrogen) atoms. The van der Waals surface area contributed by atoms with Gasteiger partial charge in [-0.1, -0.05) is 12.6 Å². The summed E-state index contributed by atoms with van der Waals surface area (Å²) in [7, 11) is 1.89. The van der Waals surface area contributed by atoms with E-state index in [0.717, 1.165) is 58.9 Å². The van der Waals surface area contributed by atoms with Crippen molar-refractivity contribution < 1.29 is 9.59 Å². The Morgan fingerprint density at radius 2 is 1.92 bits per heavy atom. The van der Waals surface area contributed by atoms with Crippen LogP contribution in [0, 0.1) is 5.41 Å². The summed E-state index contributed by atoms with van der Waals surface area (Å²) in [5.41, 5.74) is 5.02. The van der Waals surface area contributed by atoms with Crippen LogP contribution in [0.15, 0.2) is 67.6 Å². The first-order valence-electron chi connectivity index (χ1n) is 12.6. The summed E-state index contributed by atoms with van der Waals surface area (Å²) < 4.78 is 3.80. The van der Waals surface area contributed by atoms with E-state index in [9.17, 15) is 9.59 Å². The van der Waals surface area contributed by atoms with Gasteiger partial charge in [-0.25, -0.2) is 0 Å². The highest BCUT2D eigenvalue weighted by Crippen LogP contribution is 2.54. The number of aromatic nitrogens is 6. The number of fused-ring (bicyclic) bond motifs is 2. The zero-order chi connectivity index (χ0) is 26.0. The number of amides is 2. The number of rotatable bonds is 5. The molecule has 10 nitrogen and oxygen atoms in total. The SMILES string of the molecule is C=CC(=O)N1CC2(CC(n3nc(C(=O)Nc4ccc5c(cnn5C)c4)c4cc(-c5cn[nH]c5)ccc43)C2)C1. The van der Waals surface area contributed by atoms with Gasteiger partial charge >= 0.3 is 0 Å². The van der Waals surface area contributed by atoms with Gasteiger partial charge in [-0.05, 0) is 54.8 Å². The topological polar surface area (TPSA) is 114 Å². The van der Waals surface area contributed by atoms with Crippen molar-refractivity contribution in [3.63, 3.8) is 0 Å². The number of likely N-dealkylation sites (tertiary alicyclic amines) is 1. The Balaban J connectivity index is 1.21. The van der Waals surface area contributed by atoms with E-state index in [1.807, 2.05) is 59.2 Å². The molecule has 0 radical (unpaired) electrons. The van der Waals surface area contributed by atoms with Gasteiger partial charge < -0.3 is 10.2 Å². The van der Waals surface area contributed by atoms with Crippen LogP contribution in [0.3, 0.4) is 0 Å². The molecule has 2 aliphatic rings. The molecule has 2 N–H and O–H groups in total. The number of aryl methyl sites for hydroxylation is 1. The predicted octanol–water partition coefficient (Wildman–Crippen LogP) is 3.91. The summed E-state index contributed by atoms with van der Waals surface area (Å²) in [5.74, 6) is -0.277. The van der Waals surface area contributed by atoms with E-state index in [2.05, 4.69) is 27.2 Å². The van der Waals surface area contributed by atoms with Gasteiger partial charge in [0.2, 0.25) is 5.91 Å². The van der Waals surface area contributed by atoms with E-state index in [-0.39, 0.29) is 23.3 Å².